The Bertz CT molecular complexity index is 1190. The summed E-state index contributed by atoms with van der Waals surface area (Å²) in [5, 5.41) is 0. The Hall–Kier alpha value is -4.15. The van der Waals surface area contributed by atoms with Crippen molar-refractivity contribution in [2.24, 2.45) is 4.99 Å². The van der Waals surface area contributed by atoms with Crippen LogP contribution in [-0.2, 0) is 26.1 Å². The van der Waals surface area contributed by atoms with Crippen LogP contribution in [0.3, 0.4) is 0 Å². The number of halogens is 3. The zero-order valence-corrected chi connectivity index (χ0v) is 17.2. The van der Waals surface area contributed by atoms with Crippen molar-refractivity contribution in [2.75, 3.05) is 13.7 Å². The Morgan fingerprint density at radius 2 is 1.85 bits per heavy atom. The zero-order chi connectivity index (χ0) is 23.5. The molecule has 4 rings (SSSR count). The molecule has 0 fully saturated rings. The number of carbonyl (C=O) groups is 1. The number of hydrogen-bond donors (Lipinski definition) is 1. The van der Waals surface area contributed by atoms with Crippen molar-refractivity contribution in [2.45, 2.75) is 11.7 Å². The summed E-state index contributed by atoms with van der Waals surface area (Å²) in [5.74, 6) is -0.317. The minimum Gasteiger partial charge on any atom is -0.496 e. The van der Waals surface area contributed by atoms with E-state index in [1.165, 1.54) is 25.6 Å². The number of rotatable bonds is 6. The third kappa shape index (κ3) is 4.29. The predicted octanol–water partition coefficient (Wildman–Crippen LogP) is 3.48. The van der Waals surface area contributed by atoms with Crippen LogP contribution in [0.15, 0.2) is 66.2 Å². The van der Waals surface area contributed by atoms with Crippen LogP contribution in [0.1, 0.15) is 16.7 Å². The average molecular weight is 458 g/mol. The van der Waals surface area contributed by atoms with E-state index < -0.39 is 17.3 Å². The van der Waals surface area contributed by atoms with E-state index in [-0.39, 0.29) is 30.4 Å². The molecule has 1 atom stereocenters. The molecule has 1 unspecified atom stereocenters. The lowest BCUT2D eigenvalue weighted by molar-refractivity contribution is -0.138. The fourth-order valence-electron chi connectivity index (χ4n) is 3.59. The van der Waals surface area contributed by atoms with Crippen LogP contribution in [0.25, 0.3) is 11.1 Å². The maximum absolute atomic E-state index is 13.7. The molecule has 0 radical (unpaired) electrons. The quantitative estimate of drug-likeness (QED) is 0.446. The number of hydroxylamine groups is 1. The zero-order valence-electron chi connectivity index (χ0n) is 17.2. The van der Waals surface area contributed by atoms with Gasteiger partial charge in [0.05, 0.1) is 12.7 Å². The minimum atomic E-state index is -4.66. The molecule has 11 heteroatoms. The van der Waals surface area contributed by atoms with Crippen LogP contribution in [0.4, 0.5) is 13.2 Å². The van der Waals surface area contributed by atoms with Crippen molar-refractivity contribution >= 4 is 12.5 Å². The molecular weight excluding hydrogens is 441 g/mol. The largest absolute Gasteiger partial charge is 0.496 e. The van der Waals surface area contributed by atoms with Gasteiger partial charge in [-0.15, -0.1) is 0 Å². The second kappa shape index (κ2) is 8.77. The first-order chi connectivity index (χ1) is 15.9. The normalized spacial score (nSPS) is 17.6. The Balaban J connectivity index is 1.89. The molecule has 0 saturated heterocycles. The summed E-state index contributed by atoms with van der Waals surface area (Å²) in [6.45, 7) is -0.00698. The average Bonchev–Trinajstić information content (AvgIpc) is 3.28. The van der Waals surface area contributed by atoms with E-state index in [1.54, 1.807) is 30.6 Å². The van der Waals surface area contributed by atoms with Gasteiger partial charge in [0, 0.05) is 18.0 Å². The first kappa shape index (κ1) is 22.1. The molecule has 33 heavy (non-hydrogen) atoms. The van der Waals surface area contributed by atoms with Gasteiger partial charge in [0.15, 0.2) is 5.54 Å². The lowest BCUT2D eigenvalue weighted by atomic mass is 9.82. The molecule has 1 aromatic heterocycles. The van der Waals surface area contributed by atoms with Gasteiger partial charge in [-0.25, -0.2) is 15.0 Å². The molecule has 3 aromatic rings. The molecule has 1 aliphatic rings. The number of alkyl halides is 3. The number of methoxy groups -OCH3 is 1. The van der Waals surface area contributed by atoms with E-state index in [0.717, 1.165) is 11.6 Å². The first-order valence-electron chi connectivity index (χ1n) is 9.57. The maximum atomic E-state index is 13.7. The van der Waals surface area contributed by atoms with Gasteiger partial charge >= 0.3 is 18.7 Å². The number of benzene rings is 2. The van der Waals surface area contributed by atoms with E-state index in [2.05, 4.69) is 25.3 Å². The standard InChI is InChI=1S/C22H17F3N4O4/c1-31-19-6-5-17(8-18(19)22(23,24)25)21(11-32-20(28-21)29-33-13-30)16-4-2-3-14(7-16)15-9-26-12-27-10-15/h2-10,12-13H,11H2,1H3,(H,28,29). The second-order valence-electron chi connectivity index (χ2n) is 7.00. The maximum Gasteiger partial charge on any atom is 0.419 e. The van der Waals surface area contributed by atoms with E-state index in [4.69, 9.17) is 9.47 Å². The van der Waals surface area contributed by atoms with Gasteiger partial charge in [0.2, 0.25) is 0 Å². The minimum absolute atomic E-state index is 0.136. The van der Waals surface area contributed by atoms with E-state index >= 15 is 0 Å². The van der Waals surface area contributed by atoms with Gasteiger partial charge < -0.3 is 14.3 Å². The summed E-state index contributed by atoms with van der Waals surface area (Å²) in [5.41, 5.74) is 2.12. The smallest absolute Gasteiger partial charge is 0.419 e. The van der Waals surface area contributed by atoms with Crippen LogP contribution >= 0.6 is 0 Å². The van der Waals surface area contributed by atoms with Crippen LogP contribution in [0, 0.1) is 0 Å². The Morgan fingerprint density at radius 3 is 2.55 bits per heavy atom. The lowest BCUT2D eigenvalue weighted by Gasteiger charge is -2.27. The Labute approximate surface area is 186 Å². The van der Waals surface area contributed by atoms with Crippen LogP contribution in [0.5, 0.6) is 5.75 Å². The first-order valence-corrected chi connectivity index (χ1v) is 9.57. The number of hydrogen-bond acceptors (Lipinski definition) is 8. The SMILES string of the molecule is COc1ccc(C2(c3cccc(-c4cncnc4)c3)COC(NOC=O)=N2)cc1C(F)(F)F. The van der Waals surface area contributed by atoms with Crippen molar-refractivity contribution in [1.29, 1.82) is 0 Å². The van der Waals surface area contributed by atoms with E-state index in [9.17, 15) is 18.0 Å². The molecule has 0 spiro atoms. The summed E-state index contributed by atoms with van der Waals surface area (Å²) in [4.78, 5) is 27.5. The molecule has 170 valence electrons. The summed E-state index contributed by atoms with van der Waals surface area (Å²) in [6.07, 6.45) is -0.0257. The highest BCUT2D eigenvalue weighted by Gasteiger charge is 2.43. The Kier molecular flexibility index (Phi) is 5.86. The fraction of sp³-hybridized carbons (Fsp3) is 0.182. The van der Waals surface area contributed by atoms with Crippen molar-refractivity contribution in [3.05, 3.63) is 77.9 Å². The number of carbonyl (C=O) groups excluding carboxylic acids is 1. The van der Waals surface area contributed by atoms with Crippen molar-refractivity contribution in [1.82, 2.24) is 15.4 Å². The van der Waals surface area contributed by atoms with Gasteiger partial charge in [0.1, 0.15) is 18.7 Å². The number of amidine groups is 1. The van der Waals surface area contributed by atoms with Crippen LogP contribution in [-0.4, -0.2) is 36.2 Å². The monoisotopic (exact) mass is 458 g/mol. The number of nitrogens with one attached hydrogen (secondary N) is 1. The number of ether oxygens (including phenoxy) is 2. The molecule has 2 aromatic carbocycles. The molecule has 0 bridgehead atoms. The van der Waals surface area contributed by atoms with Gasteiger partial charge in [-0.3, -0.25) is 4.79 Å². The van der Waals surface area contributed by atoms with Gasteiger partial charge in [-0.2, -0.15) is 18.7 Å². The molecular formula is C22H17F3N4O4. The third-order valence-electron chi connectivity index (χ3n) is 5.12. The summed E-state index contributed by atoms with van der Waals surface area (Å²) in [7, 11) is 1.17. The van der Waals surface area contributed by atoms with Crippen molar-refractivity contribution in [3.63, 3.8) is 0 Å². The van der Waals surface area contributed by atoms with Gasteiger partial charge in [-0.1, -0.05) is 24.3 Å². The summed E-state index contributed by atoms with van der Waals surface area (Å²) in [6, 6.07) is 10.6. The number of aromatic nitrogens is 2. The van der Waals surface area contributed by atoms with E-state index in [1.807, 2.05) is 6.07 Å². The second-order valence-corrected chi connectivity index (χ2v) is 7.00. The van der Waals surface area contributed by atoms with Gasteiger partial charge in [-0.05, 0) is 34.9 Å². The third-order valence-corrected chi connectivity index (χ3v) is 5.12. The topological polar surface area (TPSA) is 94.9 Å². The number of nitrogens with zero attached hydrogens (tertiary/aromatic N) is 3. The van der Waals surface area contributed by atoms with Crippen LogP contribution < -0.4 is 10.2 Å². The molecule has 0 aliphatic carbocycles. The lowest BCUT2D eigenvalue weighted by Crippen LogP contribution is -2.28. The molecule has 0 amide bonds. The van der Waals surface area contributed by atoms with E-state index in [0.29, 0.717) is 11.1 Å². The number of aliphatic imine (C=N–C) groups is 1. The summed E-state index contributed by atoms with van der Waals surface area (Å²) < 4.78 is 51.6. The molecule has 1 aliphatic heterocycles. The predicted molar refractivity (Wildman–Crippen MR) is 110 cm³/mol. The highest BCUT2D eigenvalue weighted by atomic mass is 19.4. The molecule has 2 heterocycles. The van der Waals surface area contributed by atoms with Gasteiger partial charge in [0.25, 0.3) is 0 Å². The molecule has 0 saturated carbocycles. The molecule has 8 nitrogen and oxygen atoms in total. The van der Waals surface area contributed by atoms with Crippen LogP contribution in [0.2, 0.25) is 0 Å². The molecule has 1 N–H and O–H groups in total. The summed E-state index contributed by atoms with van der Waals surface area (Å²) >= 11 is 0. The highest BCUT2D eigenvalue weighted by molar-refractivity contribution is 5.77. The highest BCUT2D eigenvalue weighted by Crippen LogP contribution is 2.43. The van der Waals surface area contributed by atoms with Crippen molar-refractivity contribution < 1.29 is 32.3 Å². The Morgan fingerprint density at radius 1 is 1.09 bits per heavy atom. The van der Waals surface area contributed by atoms with Crippen molar-refractivity contribution in [3.8, 4) is 16.9 Å². The fourth-order valence-corrected chi connectivity index (χ4v) is 3.59.